The fraction of sp³-hybridized carbons (Fsp3) is 0.158. The molecule has 1 N–H and O–H groups in total. The van der Waals surface area contributed by atoms with Crippen LogP contribution in [0.3, 0.4) is 0 Å². The van der Waals surface area contributed by atoms with Crippen LogP contribution in [0.25, 0.3) is 11.0 Å². The summed E-state index contributed by atoms with van der Waals surface area (Å²) in [5.74, 6) is -0.399. The van der Waals surface area contributed by atoms with Crippen molar-refractivity contribution in [1.82, 2.24) is 0 Å². The van der Waals surface area contributed by atoms with Gasteiger partial charge >= 0.3 is 5.97 Å². The molecular formula is C19H15Cl2NO5. The molecule has 140 valence electrons. The zero-order valence-corrected chi connectivity index (χ0v) is 15.8. The molecule has 0 aliphatic carbocycles. The zero-order valence-electron chi connectivity index (χ0n) is 14.3. The minimum absolute atomic E-state index is 0.0195. The van der Waals surface area contributed by atoms with Crippen LogP contribution < -0.4 is 10.1 Å². The van der Waals surface area contributed by atoms with Gasteiger partial charge < -0.3 is 19.2 Å². The highest BCUT2D eigenvalue weighted by Gasteiger charge is 2.14. The molecule has 1 heterocycles. The molecular weight excluding hydrogens is 393 g/mol. The van der Waals surface area contributed by atoms with Gasteiger partial charge in [0.1, 0.15) is 11.3 Å². The quantitative estimate of drug-likeness (QED) is 0.609. The van der Waals surface area contributed by atoms with Gasteiger partial charge in [-0.15, -0.1) is 0 Å². The molecule has 0 fully saturated rings. The molecule has 0 saturated heterocycles. The first-order valence-corrected chi connectivity index (χ1v) is 8.66. The minimum atomic E-state index is -0.550. The summed E-state index contributed by atoms with van der Waals surface area (Å²) in [4.78, 5) is 24.0. The van der Waals surface area contributed by atoms with Crippen molar-refractivity contribution in [3.05, 3.63) is 58.3 Å². The molecule has 0 radical (unpaired) electrons. The minimum Gasteiger partial charge on any atom is -0.497 e. The van der Waals surface area contributed by atoms with Crippen LogP contribution in [-0.2, 0) is 20.7 Å². The highest BCUT2D eigenvalue weighted by molar-refractivity contribution is 6.36. The van der Waals surface area contributed by atoms with E-state index in [1.807, 2.05) is 0 Å². The summed E-state index contributed by atoms with van der Waals surface area (Å²) < 4.78 is 15.6. The number of furan rings is 1. The molecule has 8 heteroatoms. The summed E-state index contributed by atoms with van der Waals surface area (Å²) in [6, 6.07) is 9.97. The van der Waals surface area contributed by atoms with Crippen molar-refractivity contribution in [2.45, 2.75) is 6.42 Å². The molecule has 0 saturated carbocycles. The normalized spacial score (nSPS) is 10.6. The van der Waals surface area contributed by atoms with Gasteiger partial charge in [0.25, 0.3) is 5.91 Å². The predicted octanol–water partition coefficient (Wildman–Crippen LogP) is 4.47. The maximum atomic E-state index is 12.0. The summed E-state index contributed by atoms with van der Waals surface area (Å²) >= 11 is 11.8. The van der Waals surface area contributed by atoms with Gasteiger partial charge in [0.05, 0.1) is 30.5 Å². The topological polar surface area (TPSA) is 77.8 Å². The molecule has 1 amide bonds. The number of methoxy groups -OCH3 is 1. The Morgan fingerprint density at radius 2 is 1.96 bits per heavy atom. The van der Waals surface area contributed by atoms with E-state index in [2.05, 4.69) is 5.32 Å². The van der Waals surface area contributed by atoms with Gasteiger partial charge in [-0.3, -0.25) is 9.59 Å². The van der Waals surface area contributed by atoms with E-state index < -0.39 is 18.5 Å². The van der Waals surface area contributed by atoms with E-state index in [1.54, 1.807) is 37.4 Å². The second kappa shape index (κ2) is 8.33. The lowest BCUT2D eigenvalue weighted by Gasteiger charge is -2.08. The monoisotopic (exact) mass is 407 g/mol. The van der Waals surface area contributed by atoms with Crippen LogP contribution in [0, 0.1) is 0 Å². The summed E-state index contributed by atoms with van der Waals surface area (Å²) in [5, 5.41) is 4.08. The van der Waals surface area contributed by atoms with Gasteiger partial charge in [-0.05, 0) is 30.3 Å². The van der Waals surface area contributed by atoms with Crippen molar-refractivity contribution in [2.24, 2.45) is 0 Å². The number of ether oxygens (including phenoxy) is 2. The Balaban J connectivity index is 1.56. The Hall–Kier alpha value is -2.70. The molecule has 0 spiro atoms. The average molecular weight is 408 g/mol. The van der Waals surface area contributed by atoms with E-state index in [9.17, 15) is 9.59 Å². The Bertz CT molecular complexity index is 999. The number of amides is 1. The molecule has 3 aromatic rings. The predicted molar refractivity (Wildman–Crippen MR) is 103 cm³/mol. The number of hydrogen-bond acceptors (Lipinski definition) is 5. The molecule has 0 aliphatic heterocycles. The number of rotatable bonds is 6. The largest absolute Gasteiger partial charge is 0.497 e. The van der Waals surface area contributed by atoms with Crippen LogP contribution in [-0.4, -0.2) is 25.6 Å². The van der Waals surface area contributed by atoms with Crippen LogP contribution in [0.4, 0.5) is 5.69 Å². The van der Waals surface area contributed by atoms with Crippen molar-refractivity contribution >= 4 is 51.7 Å². The van der Waals surface area contributed by atoms with E-state index in [0.717, 1.165) is 5.39 Å². The van der Waals surface area contributed by atoms with E-state index in [0.29, 0.717) is 32.6 Å². The molecule has 1 aromatic heterocycles. The van der Waals surface area contributed by atoms with Gasteiger partial charge in [0.15, 0.2) is 6.61 Å². The third-order valence-corrected chi connectivity index (χ3v) is 4.31. The van der Waals surface area contributed by atoms with E-state index in [1.165, 1.54) is 12.3 Å². The summed E-state index contributed by atoms with van der Waals surface area (Å²) in [5.41, 5.74) is 1.66. The number of nitrogens with one attached hydrogen (secondary N) is 1. The Morgan fingerprint density at radius 3 is 2.70 bits per heavy atom. The highest BCUT2D eigenvalue weighted by atomic mass is 35.5. The third kappa shape index (κ3) is 4.72. The molecule has 3 rings (SSSR count). The molecule has 27 heavy (non-hydrogen) atoms. The molecule has 0 bridgehead atoms. The van der Waals surface area contributed by atoms with Crippen LogP contribution >= 0.6 is 23.2 Å². The molecule has 6 nitrogen and oxygen atoms in total. The number of benzene rings is 2. The first kappa shape index (κ1) is 19.1. The summed E-state index contributed by atoms with van der Waals surface area (Å²) in [7, 11) is 1.56. The number of esters is 1. The van der Waals surface area contributed by atoms with Crippen molar-refractivity contribution in [1.29, 1.82) is 0 Å². The van der Waals surface area contributed by atoms with Crippen LogP contribution in [0.5, 0.6) is 5.75 Å². The number of fused-ring (bicyclic) bond motifs is 1. The van der Waals surface area contributed by atoms with Gasteiger partial charge in [0.2, 0.25) is 0 Å². The Labute approximate surface area is 164 Å². The maximum Gasteiger partial charge on any atom is 0.310 e. The van der Waals surface area contributed by atoms with Crippen LogP contribution in [0.2, 0.25) is 10.0 Å². The maximum absolute atomic E-state index is 12.0. The number of hydrogen-bond donors (Lipinski definition) is 1. The average Bonchev–Trinajstić information content (AvgIpc) is 3.04. The van der Waals surface area contributed by atoms with E-state index in [4.69, 9.17) is 37.1 Å². The van der Waals surface area contributed by atoms with Gasteiger partial charge in [0, 0.05) is 22.0 Å². The smallest absolute Gasteiger partial charge is 0.310 e. The highest BCUT2D eigenvalue weighted by Crippen LogP contribution is 2.26. The first-order chi connectivity index (χ1) is 13.0. The number of carbonyl (C=O) groups is 2. The fourth-order valence-corrected chi connectivity index (χ4v) is 2.91. The van der Waals surface area contributed by atoms with Crippen LogP contribution in [0.1, 0.15) is 5.56 Å². The lowest BCUT2D eigenvalue weighted by atomic mass is 10.1. The number of anilines is 1. The SMILES string of the molecule is COc1ccc2c(CC(=O)OCC(=O)Nc3ccc(Cl)cc3Cl)coc2c1. The number of carbonyl (C=O) groups excluding carboxylic acids is 2. The Morgan fingerprint density at radius 1 is 1.15 bits per heavy atom. The lowest BCUT2D eigenvalue weighted by molar-refractivity contribution is -0.146. The van der Waals surface area contributed by atoms with Crippen molar-refractivity contribution in [2.75, 3.05) is 19.0 Å². The van der Waals surface area contributed by atoms with E-state index in [-0.39, 0.29) is 6.42 Å². The van der Waals surface area contributed by atoms with Crippen LogP contribution in [0.15, 0.2) is 47.1 Å². The van der Waals surface area contributed by atoms with Gasteiger partial charge in [-0.1, -0.05) is 23.2 Å². The first-order valence-electron chi connectivity index (χ1n) is 7.91. The third-order valence-electron chi connectivity index (χ3n) is 3.77. The molecule has 2 aromatic carbocycles. The lowest BCUT2D eigenvalue weighted by Crippen LogP contribution is -2.21. The zero-order chi connectivity index (χ0) is 19.4. The number of halogens is 2. The Kier molecular flexibility index (Phi) is 5.88. The fourth-order valence-electron chi connectivity index (χ4n) is 2.46. The van der Waals surface area contributed by atoms with Crippen molar-refractivity contribution < 1.29 is 23.5 Å². The molecule has 0 atom stereocenters. The summed E-state index contributed by atoms with van der Waals surface area (Å²) in [6.45, 7) is -0.429. The summed E-state index contributed by atoms with van der Waals surface area (Å²) in [6.07, 6.45) is 1.47. The van der Waals surface area contributed by atoms with E-state index >= 15 is 0 Å². The standard InChI is InChI=1S/C19H15Cl2NO5/c1-25-13-3-4-14-11(9-26-17(14)8-13)6-19(24)27-10-18(23)22-16-5-2-12(20)7-15(16)21/h2-5,7-9H,6,10H2,1H3,(H,22,23). The van der Waals surface area contributed by atoms with Crippen molar-refractivity contribution in [3.63, 3.8) is 0 Å². The molecule has 0 aliphatic rings. The van der Waals surface area contributed by atoms with Gasteiger partial charge in [-0.2, -0.15) is 0 Å². The van der Waals surface area contributed by atoms with Crippen molar-refractivity contribution in [3.8, 4) is 5.75 Å². The van der Waals surface area contributed by atoms with Gasteiger partial charge in [-0.25, -0.2) is 0 Å². The molecule has 0 unspecified atom stereocenters. The second-order valence-corrected chi connectivity index (χ2v) is 6.48. The second-order valence-electron chi connectivity index (χ2n) is 5.63.